The Morgan fingerprint density at radius 3 is 2.88 bits per heavy atom. The van der Waals surface area contributed by atoms with Gasteiger partial charge in [0.15, 0.2) is 0 Å². The van der Waals surface area contributed by atoms with Crippen molar-refractivity contribution in [3.8, 4) is 0 Å². The van der Waals surface area contributed by atoms with Crippen LogP contribution in [0.1, 0.15) is 12.5 Å². The van der Waals surface area contributed by atoms with Crippen LogP contribution in [0.3, 0.4) is 0 Å². The van der Waals surface area contributed by atoms with Crippen LogP contribution in [0.4, 0.5) is 0 Å². The summed E-state index contributed by atoms with van der Waals surface area (Å²) in [5, 5.41) is 9.35. The van der Waals surface area contributed by atoms with Gasteiger partial charge in [-0.2, -0.15) is 0 Å². The SMILES string of the molecule is CC(Cc1ccc2c(=O)on(C)c2c1)C(=O)O. The molecule has 1 heterocycles. The van der Waals surface area contributed by atoms with Crippen molar-refractivity contribution in [1.82, 2.24) is 4.74 Å². The molecule has 0 aliphatic carbocycles. The maximum Gasteiger partial charge on any atom is 0.365 e. The molecule has 0 fully saturated rings. The van der Waals surface area contributed by atoms with Crippen molar-refractivity contribution in [2.45, 2.75) is 13.3 Å². The summed E-state index contributed by atoms with van der Waals surface area (Å²) in [6.07, 6.45) is 0.435. The highest BCUT2D eigenvalue weighted by Gasteiger charge is 2.13. The summed E-state index contributed by atoms with van der Waals surface area (Å²) in [7, 11) is 1.65. The molecule has 0 spiro atoms. The fourth-order valence-electron chi connectivity index (χ4n) is 1.80. The molecule has 0 saturated heterocycles. The molecule has 0 aliphatic rings. The molecular weight excluding hydrogens is 222 g/mol. The molecule has 1 aromatic heterocycles. The van der Waals surface area contributed by atoms with E-state index in [1.54, 1.807) is 32.2 Å². The summed E-state index contributed by atoms with van der Waals surface area (Å²) in [5.74, 6) is -1.28. The second-order valence-electron chi connectivity index (χ2n) is 4.17. The molecule has 0 bridgehead atoms. The van der Waals surface area contributed by atoms with Gasteiger partial charge in [-0.1, -0.05) is 13.0 Å². The van der Waals surface area contributed by atoms with Gasteiger partial charge in [0, 0.05) is 7.05 Å². The van der Waals surface area contributed by atoms with Gasteiger partial charge in [-0.25, -0.2) is 9.53 Å². The lowest BCUT2D eigenvalue weighted by Crippen LogP contribution is -2.12. The third kappa shape index (κ3) is 2.08. The fourth-order valence-corrected chi connectivity index (χ4v) is 1.80. The summed E-state index contributed by atoms with van der Waals surface area (Å²) < 4.78 is 6.31. The number of hydrogen-bond acceptors (Lipinski definition) is 3. The van der Waals surface area contributed by atoms with Crippen LogP contribution in [0.2, 0.25) is 0 Å². The van der Waals surface area contributed by atoms with E-state index in [9.17, 15) is 9.59 Å². The highest BCUT2D eigenvalue weighted by atomic mass is 16.5. The third-order valence-electron chi connectivity index (χ3n) is 2.80. The number of nitrogens with zero attached hydrogens (tertiary/aromatic N) is 1. The zero-order valence-electron chi connectivity index (χ0n) is 9.64. The number of hydrogen-bond donors (Lipinski definition) is 1. The van der Waals surface area contributed by atoms with Gasteiger partial charge in [0.25, 0.3) is 0 Å². The van der Waals surface area contributed by atoms with Gasteiger partial charge < -0.3 is 9.63 Å². The zero-order chi connectivity index (χ0) is 12.6. The smallest absolute Gasteiger partial charge is 0.365 e. The molecular formula is C12H13NO4. The maximum absolute atomic E-state index is 11.4. The van der Waals surface area contributed by atoms with Crippen LogP contribution in [0.5, 0.6) is 0 Å². The van der Waals surface area contributed by atoms with Crippen molar-refractivity contribution in [2.75, 3.05) is 0 Å². The van der Waals surface area contributed by atoms with Crippen molar-refractivity contribution < 1.29 is 14.4 Å². The van der Waals surface area contributed by atoms with E-state index in [1.807, 2.05) is 0 Å². The minimum absolute atomic E-state index is 0.375. The van der Waals surface area contributed by atoms with E-state index in [0.717, 1.165) is 5.56 Å². The molecule has 0 amide bonds. The van der Waals surface area contributed by atoms with E-state index in [0.29, 0.717) is 17.3 Å². The Bertz CT molecular complexity index is 623. The first kappa shape index (κ1) is 11.4. The first-order valence-electron chi connectivity index (χ1n) is 5.31. The zero-order valence-corrected chi connectivity index (χ0v) is 9.64. The predicted octanol–water partition coefficient (Wildman–Crippen LogP) is 1.39. The predicted molar refractivity (Wildman–Crippen MR) is 62.0 cm³/mol. The van der Waals surface area contributed by atoms with Gasteiger partial charge in [-0.15, -0.1) is 0 Å². The van der Waals surface area contributed by atoms with Gasteiger partial charge >= 0.3 is 11.6 Å². The maximum atomic E-state index is 11.4. The molecule has 1 aromatic carbocycles. The third-order valence-corrected chi connectivity index (χ3v) is 2.80. The van der Waals surface area contributed by atoms with Crippen LogP contribution in [0.15, 0.2) is 27.5 Å². The number of carbonyl (C=O) groups is 1. The number of aryl methyl sites for hydroxylation is 1. The normalized spacial score (nSPS) is 12.8. The van der Waals surface area contributed by atoms with Crippen molar-refractivity contribution in [2.24, 2.45) is 13.0 Å². The van der Waals surface area contributed by atoms with Crippen LogP contribution in [-0.2, 0) is 18.3 Å². The Hall–Kier alpha value is -2.04. The van der Waals surface area contributed by atoms with E-state index in [-0.39, 0.29) is 5.63 Å². The average Bonchev–Trinajstić information content (AvgIpc) is 2.54. The van der Waals surface area contributed by atoms with E-state index >= 15 is 0 Å². The molecule has 2 rings (SSSR count). The van der Waals surface area contributed by atoms with Crippen LogP contribution < -0.4 is 5.63 Å². The van der Waals surface area contributed by atoms with E-state index in [2.05, 4.69) is 0 Å². The molecule has 2 aromatic rings. The molecule has 1 unspecified atom stereocenters. The fraction of sp³-hybridized carbons (Fsp3) is 0.333. The van der Waals surface area contributed by atoms with Gasteiger partial charge in [0.2, 0.25) is 0 Å². The van der Waals surface area contributed by atoms with Gasteiger partial charge in [-0.3, -0.25) is 4.79 Å². The molecule has 1 N–H and O–H groups in total. The summed E-state index contributed by atoms with van der Waals surface area (Å²) in [5.41, 5.74) is 1.19. The summed E-state index contributed by atoms with van der Waals surface area (Å²) in [6, 6.07) is 5.23. The minimum Gasteiger partial charge on any atom is -0.481 e. The number of aliphatic carboxylic acids is 1. The molecule has 5 nitrogen and oxygen atoms in total. The van der Waals surface area contributed by atoms with Gasteiger partial charge in [-0.05, 0) is 24.1 Å². The molecule has 0 aliphatic heterocycles. The van der Waals surface area contributed by atoms with Gasteiger partial charge in [0.1, 0.15) is 0 Å². The van der Waals surface area contributed by atoms with Crippen LogP contribution in [0, 0.1) is 5.92 Å². The Morgan fingerprint density at radius 2 is 2.24 bits per heavy atom. The van der Waals surface area contributed by atoms with Crippen molar-refractivity contribution >= 4 is 16.9 Å². The average molecular weight is 235 g/mol. The number of aromatic nitrogens is 1. The number of carboxylic acids is 1. The molecule has 17 heavy (non-hydrogen) atoms. The molecule has 1 atom stereocenters. The van der Waals surface area contributed by atoms with E-state index in [1.165, 1.54) is 4.74 Å². The van der Waals surface area contributed by atoms with Crippen molar-refractivity contribution in [3.05, 3.63) is 34.2 Å². The largest absolute Gasteiger partial charge is 0.481 e. The van der Waals surface area contributed by atoms with Crippen LogP contribution in [0.25, 0.3) is 10.9 Å². The Balaban J connectivity index is 2.41. The lowest BCUT2D eigenvalue weighted by atomic mass is 10.0. The highest BCUT2D eigenvalue weighted by Crippen LogP contribution is 2.16. The number of benzene rings is 1. The first-order valence-corrected chi connectivity index (χ1v) is 5.31. The second kappa shape index (κ2) is 4.08. The monoisotopic (exact) mass is 235 g/mol. The molecule has 5 heteroatoms. The summed E-state index contributed by atoms with van der Waals surface area (Å²) in [4.78, 5) is 22.1. The van der Waals surface area contributed by atoms with E-state index in [4.69, 9.17) is 9.63 Å². The minimum atomic E-state index is -0.828. The first-order chi connectivity index (χ1) is 7.99. The lowest BCUT2D eigenvalue weighted by molar-refractivity contribution is -0.141. The van der Waals surface area contributed by atoms with Gasteiger partial charge in [0.05, 0.1) is 16.8 Å². The topological polar surface area (TPSA) is 72.4 Å². The number of carboxylic acid groups (broad SMARTS) is 1. The van der Waals surface area contributed by atoms with Crippen LogP contribution >= 0.6 is 0 Å². The number of rotatable bonds is 3. The lowest BCUT2D eigenvalue weighted by Gasteiger charge is -2.05. The highest BCUT2D eigenvalue weighted by molar-refractivity contribution is 5.78. The standard InChI is InChI=1S/C12H13NO4/c1-7(11(14)15)5-8-3-4-9-10(6-8)13(2)17-12(9)16/h3-4,6-7H,5H2,1-2H3,(H,14,15). The second-order valence-corrected chi connectivity index (χ2v) is 4.17. The molecule has 0 saturated carbocycles. The van der Waals surface area contributed by atoms with E-state index < -0.39 is 11.9 Å². The van der Waals surface area contributed by atoms with Crippen LogP contribution in [-0.4, -0.2) is 15.8 Å². The Morgan fingerprint density at radius 1 is 1.53 bits per heavy atom. The quantitative estimate of drug-likeness (QED) is 0.872. The summed E-state index contributed by atoms with van der Waals surface area (Å²) in [6.45, 7) is 1.65. The Kier molecular flexibility index (Phi) is 2.75. The van der Waals surface area contributed by atoms with Crippen molar-refractivity contribution in [3.63, 3.8) is 0 Å². The molecule has 0 radical (unpaired) electrons. The van der Waals surface area contributed by atoms with Crippen molar-refractivity contribution in [1.29, 1.82) is 0 Å². The molecule has 90 valence electrons. The Labute approximate surface area is 97.2 Å². The summed E-state index contributed by atoms with van der Waals surface area (Å²) >= 11 is 0. The number of fused-ring (bicyclic) bond motifs is 1.